The van der Waals surface area contributed by atoms with Crippen molar-refractivity contribution in [1.29, 1.82) is 0 Å². The summed E-state index contributed by atoms with van der Waals surface area (Å²) in [4.78, 5) is 2.40. The van der Waals surface area contributed by atoms with Crippen molar-refractivity contribution in [2.24, 2.45) is 0 Å². The maximum Gasteiger partial charge on any atom is 0.0325 e. The third-order valence-electron chi connectivity index (χ3n) is 2.67. The first-order valence-corrected chi connectivity index (χ1v) is 5.70. The fraction of sp³-hybridized carbons (Fsp3) is 0.455. The number of hydrogen-bond donors (Lipinski definition) is 1. The molecule has 1 aromatic carbocycles. The first-order valence-electron chi connectivity index (χ1n) is 4.91. The number of anilines is 1. The Morgan fingerprint density at radius 2 is 2.21 bits per heavy atom. The van der Waals surface area contributed by atoms with Gasteiger partial charge < -0.3 is 5.73 Å². The minimum absolute atomic E-state index is 0.805. The van der Waals surface area contributed by atoms with E-state index >= 15 is 0 Å². The van der Waals surface area contributed by atoms with E-state index in [0.29, 0.717) is 0 Å². The molecule has 2 nitrogen and oxygen atoms in total. The first-order chi connectivity index (χ1) is 6.66. The van der Waals surface area contributed by atoms with Crippen LogP contribution < -0.4 is 5.73 Å². The van der Waals surface area contributed by atoms with E-state index in [0.717, 1.165) is 22.7 Å². The molecule has 1 aliphatic carbocycles. The maximum atomic E-state index is 5.69. The quantitative estimate of drug-likeness (QED) is 0.841. The molecule has 0 radical (unpaired) electrons. The van der Waals surface area contributed by atoms with E-state index < -0.39 is 0 Å². The monoisotopic (exact) mass is 254 g/mol. The smallest absolute Gasteiger partial charge is 0.0325 e. The Hall–Kier alpha value is -0.540. The van der Waals surface area contributed by atoms with Crippen LogP contribution in [-0.2, 0) is 6.54 Å². The molecule has 1 saturated carbocycles. The summed E-state index contributed by atoms with van der Waals surface area (Å²) in [6.45, 7) is 1.01. The van der Waals surface area contributed by atoms with Gasteiger partial charge in [-0.05, 0) is 37.6 Å². The number of hydrogen-bond acceptors (Lipinski definition) is 2. The van der Waals surface area contributed by atoms with E-state index in [4.69, 9.17) is 5.73 Å². The summed E-state index contributed by atoms with van der Waals surface area (Å²) < 4.78 is 1.12. The molecule has 14 heavy (non-hydrogen) atoms. The molecule has 0 heterocycles. The van der Waals surface area contributed by atoms with E-state index in [1.165, 1.54) is 18.4 Å². The largest absolute Gasteiger partial charge is 0.399 e. The molecule has 1 aromatic rings. The van der Waals surface area contributed by atoms with E-state index in [9.17, 15) is 0 Å². The fourth-order valence-corrected chi connectivity index (χ4v) is 2.13. The third-order valence-corrected chi connectivity index (χ3v) is 3.41. The Balaban J connectivity index is 2.07. The minimum Gasteiger partial charge on any atom is -0.399 e. The molecule has 2 rings (SSSR count). The Kier molecular flexibility index (Phi) is 2.79. The molecule has 0 atom stereocenters. The van der Waals surface area contributed by atoms with Gasteiger partial charge in [-0.25, -0.2) is 0 Å². The summed E-state index contributed by atoms with van der Waals surface area (Å²) in [6.07, 6.45) is 2.70. The van der Waals surface area contributed by atoms with Crippen molar-refractivity contribution in [3.05, 3.63) is 28.2 Å². The van der Waals surface area contributed by atoms with Crippen LogP contribution in [0.5, 0.6) is 0 Å². The lowest BCUT2D eigenvalue weighted by Crippen LogP contribution is -2.20. The van der Waals surface area contributed by atoms with Gasteiger partial charge in [0.05, 0.1) is 0 Å². The van der Waals surface area contributed by atoms with Crippen molar-refractivity contribution in [3.8, 4) is 0 Å². The lowest BCUT2D eigenvalue weighted by atomic mass is 10.2. The van der Waals surface area contributed by atoms with Crippen LogP contribution in [0.25, 0.3) is 0 Å². The average Bonchev–Trinajstić information content (AvgIpc) is 2.92. The lowest BCUT2D eigenvalue weighted by Gasteiger charge is -2.16. The van der Waals surface area contributed by atoms with E-state index in [2.05, 4.69) is 33.9 Å². The molecule has 0 spiro atoms. The molecule has 0 bridgehead atoms. The number of nitrogens with two attached hydrogens (primary N) is 1. The zero-order chi connectivity index (χ0) is 10.1. The number of benzene rings is 1. The maximum absolute atomic E-state index is 5.69. The van der Waals surface area contributed by atoms with Crippen LogP contribution in [0, 0.1) is 0 Å². The topological polar surface area (TPSA) is 29.3 Å². The molecular formula is C11H15BrN2. The summed E-state index contributed by atoms with van der Waals surface area (Å²) in [5, 5.41) is 0. The molecule has 0 saturated heterocycles. The number of nitrogen functional groups attached to an aromatic ring is 1. The lowest BCUT2D eigenvalue weighted by molar-refractivity contribution is 0.316. The predicted molar refractivity (Wildman–Crippen MR) is 63.0 cm³/mol. The Morgan fingerprint density at radius 1 is 1.50 bits per heavy atom. The van der Waals surface area contributed by atoms with Gasteiger partial charge in [0, 0.05) is 22.7 Å². The number of nitrogens with zero attached hydrogens (tertiary/aromatic N) is 1. The second-order valence-corrected chi connectivity index (χ2v) is 4.85. The first kappa shape index (κ1) is 9.99. The summed E-state index contributed by atoms with van der Waals surface area (Å²) in [6, 6.07) is 6.83. The molecule has 0 aliphatic heterocycles. The second kappa shape index (κ2) is 3.91. The van der Waals surface area contributed by atoms with Crippen LogP contribution in [0.1, 0.15) is 18.4 Å². The molecule has 3 heteroatoms. The zero-order valence-corrected chi connectivity index (χ0v) is 9.92. The van der Waals surface area contributed by atoms with Crippen molar-refractivity contribution in [2.75, 3.05) is 12.8 Å². The molecule has 0 unspecified atom stereocenters. The summed E-state index contributed by atoms with van der Waals surface area (Å²) in [7, 11) is 2.18. The highest BCUT2D eigenvalue weighted by Crippen LogP contribution is 2.28. The third kappa shape index (κ3) is 2.28. The highest BCUT2D eigenvalue weighted by atomic mass is 79.9. The molecule has 1 aliphatic rings. The standard InChI is InChI=1S/C11H15BrN2/c1-14(10-4-5-10)7-8-2-3-9(13)6-11(8)12/h2-3,6,10H,4-5,7,13H2,1H3. The van der Waals surface area contributed by atoms with Crippen molar-refractivity contribution in [1.82, 2.24) is 4.90 Å². The predicted octanol–water partition coefficient (Wildman–Crippen LogP) is 2.63. The van der Waals surface area contributed by atoms with Crippen molar-refractivity contribution in [2.45, 2.75) is 25.4 Å². The van der Waals surface area contributed by atoms with Gasteiger partial charge in [-0.3, -0.25) is 4.90 Å². The van der Waals surface area contributed by atoms with Crippen LogP contribution in [-0.4, -0.2) is 18.0 Å². The van der Waals surface area contributed by atoms with Gasteiger partial charge in [0.2, 0.25) is 0 Å². The van der Waals surface area contributed by atoms with E-state index in [-0.39, 0.29) is 0 Å². The second-order valence-electron chi connectivity index (χ2n) is 4.00. The Bertz CT molecular complexity index is 334. The van der Waals surface area contributed by atoms with Gasteiger partial charge in [-0.15, -0.1) is 0 Å². The van der Waals surface area contributed by atoms with Crippen LogP contribution in [0.2, 0.25) is 0 Å². The molecule has 0 amide bonds. The molecule has 0 aromatic heterocycles. The van der Waals surface area contributed by atoms with Crippen molar-refractivity contribution < 1.29 is 0 Å². The normalized spacial score (nSPS) is 16.2. The molecule has 1 fully saturated rings. The summed E-state index contributed by atoms with van der Waals surface area (Å²) >= 11 is 3.54. The van der Waals surface area contributed by atoms with E-state index in [1.54, 1.807) is 0 Å². The van der Waals surface area contributed by atoms with Gasteiger partial charge >= 0.3 is 0 Å². The summed E-state index contributed by atoms with van der Waals surface area (Å²) in [5.74, 6) is 0. The van der Waals surface area contributed by atoms with Crippen LogP contribution in [0.3, 0.4) is 0 Å². The van der Waals surface area contributed by atoms with Gasteiger partial charge in [0.15, 0.2) is 0 Å². The van der Waals surface area contributed by atoms with Gasteiger partial charge in [-0.2, -0.15) is 0 Å². The molecule has 2 N–H and O–H groups in total. The van der Waals surface area contributed by atoms with Crippen LogP contribution in [0.4, 0.5) is 5.69 Å². The van der Waals surface area contributed by atoms with Gasteiger partial charge in [0.1, 0.15) is 0 Å². The number of rotatable bonds is 3. The average molecular weight is 255 g/mol. The van der Waals surface area contributed by atoms with Gasteiger partial charge in [-0.1, -0.05) is 22.0 Å². The highest BCUT2D eigenvalue weighted by molar-refractivity contribution is 9.10. The fourth-order valence-electron chi connectivity index (χ4n) is 1.60. The summed E-state index contributed by atoms with van der Waals surface area (Å²) in [5.41, 5.74) is 7.81. The van der Waals surface area contributed by atoms with Gasteiger partial charge in [0.25, 0.3) is 0 Å². The van der Waals surface area contributed by atoms with Crippen molar-refractivity contribution >= 4 is 21.6 Å². The van der Waals surface area contributed by atoms with E-state index in [1.807, 2.05) is 12.1 Å². The minimum atomic E-state index is 0.805. The Morgan fingerprint density at radius 3 is 2.79 bits per heavy atom. The molecular weight excluding hydrogens is 240 g/mol. The SMILES string of the molecule is CN(Cc1ccc(N)cc1Br)C1CC1. The van der Waals surface area contributed by atoms with Crippen LogP contribution >= 0.6 is 15.9 Å². The van der Waals surface area contributed by atoms with Crippen molar-refractivity contribution in [3.63, 3.8) is 0 Å². The Labute approximate surface area is 93.2 Å². The molecule has 76 valence electrons. The van der Waals surface area contributed by atoms with Crippen LogP contribution in [0.15, 0.2) is 22.7 Å². The zero-order valence-electron chi connectivity index (χ0n) is 8.33. The number of halogens is 1. The highest BCUT2D eigenvalue weighted by Gasteiger charge is 2.26.